The number of anilines is 2. The number of hydrogen-bond acceptors (Lipinski definition) is 8. The minimum Gasteiger partial charge on any atom is -0.378 e. The number of nitro benzene ring substituents is 1. The molecule has 1 saturated heterocycles. The number of ether oxygens (including phenoxy) is 1. The van der Waals surface area contributed by atoms with Crippen LogP contribution in [0.15, 0.2) is 36.4 Å². The molecule has 3 amide bonds. The zero-order valence-corrected chi connectivity index (χ0v) is 18.3. The lowest BCUT2D eigenvalue weighted by atomic mass is 10.1. The summed E-state index contributed by atoms with van der Waals surface area (Å²) in [6.45, 7) is 2.04. The molecule has 12 heteroatoms. The Hall–Kier alpha value is -3.90. The van der Waals surface area contributed by atoms with Gasteiger partial charge in [-0.2, -0.15) is 0 Å². The smallest absolute Gasteiger partial charge is 0.270 e. The number of carbonyl (C=O) groups excluding carboxylic acids is 3. The second-order valence-electron chi connectivity index (χ2n) is 7.40. The molecule has 0 radical (unpaired) electrons. The Labute approximate surface area is 193 Å². The highest BCUT2D eigenvalue weighted by molar-refractivity contribution is 7.80. The minimum atomic E-state index is -0.621. The van der Waals surface area contributed by atoms with E-state index in [0.717, 1.165) is 4.90 Å². The topological polar surface area (TPSA) is 134 Å². The summed E-state index contributed by atoms with van der Waals surface area (Å²) in [5.74, 6) is -1.44. The van der Waals surface area contributed by atoms with E-state index in [2.05, 4.69) is 10.6 Å². The SMILES string of the molecule is CN1C(=O)c2ccc(NC(=S)NC(=O)c3cc([N+](=O)[O-])ccc3N3CCOCC3)cc2C1=O. The van der Waals surface area contributed by atoms with Crippen LogP contribution >= 0.6 is 12.2 Å². The van der Waals surface area contributed by atoms with Gasteiger partial charge in [0.15, 0.2) is 5.11 Å². The predicted molar refractivity (Wildman–Crippen MR) is 123 cm³/mol. The first-order valence-electron chi connectivity index (χ1n) is 9.96. The van der Waals surface area contributed by atoms with Crippen molar-refractivity contribution >= 4 is 52.1 Å². The van der Waals surface area contributed by atoms with Crippen LogP contribution in [0.5, 0.6) is 0 Å². The summed E-state index contributed by atoms with van der Waals surface area (Å²) in [7, 11) is 1.40. The van der Waals surface area contributed by atoms with Crippen molar-refractivity contribution in [1.82, 2.24) is 10.2 Å². The van der Waals surface area contributed by atoms with Crippen LogP contribution in [-0.4, -0.2) is 66.0 Å². The monoisotopic (exact) mass is 469 g/mol. The van der Waals surface area contributed by atoms with E-state index in [-0.39, 0.29) is 27.5 Å². The normalized spacial score (nSPS) is 15.3. The quantitative estimate of drug-likeness (QED) is 0.297. The van der Waals surface area contributed by atoms with Crippen molar-refractivity contribution < 1.29 is 24.0 Å². The molecule has 2 aliphatic rings. The van der Waals surface area contributed by atoms with Gasteiger partial charge in [-0.1, -0.05) is 0 Å². The van der Waals surface area contributed by atoms with Crippen LogP contribution in [0.3, 0.4) is 0 Å². The first-order valence-corrected chi connectivity index (χ1v) is 10.4. The number of amides is 3. The minimum absolute atomic E-state index is 0.0653. The molecule has 0 atom stereocenters. The third-order valence-corrected chi connectivity index (χ3v) is 5.57. The number of thiocarbonyl (C=S) groups is 1. The molecule has 0 aromatic heterocycles. The third kappa shape index (κ3) is 4.38. The van der Waals surface area contributed by atoms with Gasteiger partial charge >= 0.3 is 0 Å². The molecule has 170 valence electrons. The zero-order chi connectivity index (χ0) is 23.7. The van der Waals surface area contributed by atoms with Crippen molar-refractivity contribution in [1.29, 1.82) is 0 Å². The summed E-state index contributed by atoms with van der Waals surface area (Å²) in [5.41, 5.74) is 1.34. The maximum absolute atomic E-state index is 13.0. The highest BCUT2D eigenvalue weighted by Crippen LogP contribution is 2.27. The van der Waals surface area contributed by atoms with Crippen molar-refractivity contribution in [3.63, 3.8) is 0 Å². The maximum atomic E-state index is 13.0. The number of nitrogens with zero attached hydrogens (tertiary/aromatic N) is 3. The van der Waals surface area contributed by atoms with E-state index in [1.807, 2.05) is 4.90 Å². The van der Waals surface area contributed by atoms with Gasteiger partial charge in [-0.25, -0.2) is 0 Å². The highest BCUT2D eigenvalue weighted by Gasteiger charge is 2.32. The number of rotatable bonds is 4. The Morgan fingerprint density at radius 3 is 2.48 bits per heavy atom. The number of morpholine rings is 1. The fraction of sp³-hybridized carbons (Fsp3) is 0.238. The molecule has 2 aliphatic heterocycles. The Morgan fingerprint density at radius 1 is 1.09 bits per heavy atom. The summed E-state index contributed by atoms with van der Waals surface area (Å²) in [6, 6.07) is 8.63. The van der Waals surface area contributed by atoms with Gasteiger partial charge in [-0.3, -0.25) is 34.7 Å². The van der Waals surface area contributed by atoms with Crippen molar-refractivity contribution in [3.8, 4) is 0 Å². The molecule has 0 aliphatic carbocycles. The van der Waals surface area contributed by atoms with Crippen molar-refractivity contribution in [2.45, 2.75) is 0 Å². The van der Waals surface area contributed by atoms with Crippen LogP contribution in [0.25, 0.3) is 0 Å². The predicted octanol–water partition coefficient (Wildman–Crippen LogP) is 1.78. The largest absolute Gasteiger partial charge is 0.378 e. The van der Waals surface area contributed by atoms with Gasteiger partial charge in [0.05, 0.1) is 40.5 Å². The maximum Gasteiger partial charge on any atom is 0.270 e. The van der Waals surface area contributed by atoms with Crippen molar-refractivity contribution in [3.05, 3.63) is 63.2 Å². The number of carbonyl (C=O) groups is 3. The van der Waals surface area contributed by atoms with Crippen molar-refractivity contribution in [2.75, 3.05) is 43.6 Å². The molecular weight excluding hydrogens is 450 g/mol. The Balaban J connectivity index is 1.53. The first-order chi connectivity index (χ1) is 15.8. The molecule has 0 unspecified atom stereocenters. The number of nitro groups is 1. The Kier molecular flexibility index (Phi) is 6.03. The standard InChI is InChI=1S/C21H19N5O6S/c1-24-19(28)14-4-2-12(10-15(14)20(24)29)22-21(33)23-18(27)16-11-13(26(30)31)3-5-17(16)25-6-8-32-9-7-25/h2-5,10-11H,6-9H2,1H3,(H2,22,23,27,33). The van der Waals surface area contributed by atoms with Gasteiger partial charge in [-0.05, 0) is 36.5 Å². The third-order valence-electron chi connectivity index (χ3n) is 5.36. The Morgan fingerprint density at radius 2 is 1.79 bits per heavy atom. The number of imide groups is 1. The Bertz CT molecular complexity index is 1190. The van der Waals surface area contributed by atoms with Crippen LogP contribution in [-0.2, 0) is 4.74 Å². The van der Waals surface area contributed by atoms with Crippen LogP contribution in [0.2, 0.25) is 0 Å². The number of fused-ring (bicyclic) bond motifs is 1. The summed E-state index contributed by atoms with van der Waals surface area (Å²) in [5, 5.41) is 16.5. The molecular formula is C21H19N5O6S. The average molecular weight is 469 g/mol. The molecule has 0 bridgehead atoms. The van der Waals surface area contributed by atoms with Gasteiger partial charge in [-0.15, -0.1) is 0 Å². The van der Waals surface area contributed by atoms with Gasteiger partial charge in [0.25, 0.3) is 23.4 Å². The molecule has 33 heavy (non-hydrogen) atoms. The van der Waals surface area contributed by atoms with Gasteiger partial charge < -0.3 is 15.0 Å². The second kappa shape index (κ2) is 8.92. The van der Waals surface area contributed by atoms with E-state index in [4.69, 9.17) is 17.0 Å². The van der Waals surface area contributed by atoms with E-state index in [1.54, 1.807) is 6.07 Å². The lowest BCUT2D eigenvalue weighted by Crippen LogP contribution is -2.39. The molecule has 2 aromatic carbocycles. The van der Waals surface area contributed by atoms with Gasteiger partial charge in [0.2, 0.25) is 0 Å². The van der Waals surface area contributed by atoms with E-state index < -0.39 is 22.6 Å². The summed E-state index contributed by atoms with van der Waals surface area (Å²) in [4.78, 5) is 50.8. The summed E-state index contributed by atoms with van der Waals surface area (Å²) < 4.78 is 5.34. The molecule has 2 aromatic rings. The molecule has 0 saturated carbocycles. The molecule has 11 nitrogen and oxygen atoms in total. The van der Waals surface area contributed by atoms with E-state index >= 15 is 0 Å². The lowest BCUT2D eigenvalue weighted by Gasteiger charge is -2.30. The van der Waals surface area contributed by atoms with E-state index in [9.17, 15) is 24.5 Å². The summed E-state index contributed by atoms with van der Waals surface area (Å²) in [6.07, 6.45) is 0. The molecule has 2 N–H and O–H groups in total. The van der Waals surface area contributed by atoms with Crippen LogP contribution in [0.1, 0.15) is 31.1 Å². The van der Waals surface area contributed by atoms with Crippen LogP contribution in [0, 0.1) is 10.1 Å². The lowest BCUT2D eigenvalue weighted by molar-refractivity contribution is -0.384. The second-order valence-corrected chi connectivity index (χ2v) is 7.80. The van der Waals surface area contributed by atoms with Crippen LogP contribution < -0.4 is 15.5 Å². The number of non-ortho nitro benzene ring substituents is 1. The van der Waals surface area contributed by atoms with E-state index in [1.165, 1.54) is 37.4 Å². The van der Waals surface area contributed by atoms with Gasteiger partial charge in [0, 0.05) is 38.0 Å². The first kappa shape index (κ1) is 22.3. The number of hydrogen-bond donors (Lipinski definition) is 2. The van der Waals surface area contributed by atoms with Gasteiger partial charge in [0.1, 0.15) is 0 Å². The molecule has 4 rings (SSSR count). The number of nitrogens with one attached hydrogen (secondary N) is 2. The zero-order valence-electron chi connectivity index (χ0n) is 17.5. The molecule has 0 spiro atoms. The molecule has 2 heterocycles. The van der Waals surface area contributed by atoms with E-state index in [0.29, 0.717) is 37.7 Å². The molecule has 1 fully saturated rings. The fourth-order valence-corrected chi connectivity index (χ4v) is 3.88. The fourth-order valence-electron chi connectivity index (χ4n) is 3.67. The number of benzene rings is 2. The highest BCUT2D eigenvalue weighted by atomic mass is 32.1. The van der Waals surface area contributed by atoms with Crippen LogP contribution in [0.4, 0.5) is 17.1 Å². The summed E-state index contributed by atoms with van der Waals surface area (Å²) >= 11 is 5.23. The average Bonchev–Trinajstić information content (AvgIpc) is 3.02. The van der Waals surface area contributed by atoms with Crippen molar-refractivity contribution in [2.24, 2.45) is 0 Å².